The first kappa shape index (κ1) is 21.3. The van der Waals surface area contributed by atoms with Gasteiger partial charge in [0.2, 0.25) is 5.60 Å². The van der Waals surface area contributed by atoms with E-state index in [2.05, 4.69) is 0 Å². The van der Waals surface area contributed by atoms with Gasteiger partial charge in [0.15, 0.2) is 9.84 Å². The van der Waals surface area contributed by atoms with Crippen LogP contribution >= 0.6 is 11.8 Å². The van der Waals surface area contributed by atoms with Crippen molar-refractivity contribution in [2.75, 3.05) is 11.6 Å². The Morgan fingerprint density at radius 2 is 1.70 bits per heavy atom. The number of alkyl halides is 3. The van der Waals surface area contributed by atoms with Crippen LogP contribution in [0.1, 0.15) is 6.92 Å². The van der Waals surface area contributed by atoms with E-state index >= 15 is 0 Å². The predicted molar refractivity (Wildman–Crippen MR) is 95.4 cm³/mol. The second kappa shape index (κ2) is 7.53. The first-order valence-electron chi connectivity index (χ1n) is 7.50. The summed E-state index contributed by atoms with van der Waals surface area (Å²) < 4.78 is 62.4. The van der Waals surface area contributed by atoms with Gasteiger partial charge in [-0.15, -0.1) is 0 Å². The minimum absolute atomic E-state index is 0.152. The zero-order chi connectivity index (χ0) is 20.5. The fourth-order valence-electron chi connectivity index (χ4n) is 1.96. The number of hydrogen-bond acceptors (Lipinski definition) is 5. The molecular weight excluding hydrogens is 403 g/mol. The number of sulfone groups is 1. The van der Waals surface area contributed by atoms with Crippen molar-refractivity contribution in [1.82, 2.24) is 0 Å². The van der Waals surface area contributed by atoms with E-state index in [4.69, 9.17) is 0 Å². The minimum Gasteiger partial charge on any atom is -0.373 e. The summed E-state index contributed by atoms with van der Waals surface area (Å²) in [5.74, 6) is -1.71. The quantitative estimate of drug-likeness (QED) is 0.775. The summed E-state index contributed by atoms with van der Waals surface area (Å²) in [6, 6.07) is 12.6. The molecule has 146 valence electrons. The normalized spacial score (nSPS) is 14.4. The molecule has 0 aliphatic carbocycles. The van der Waals surface area contributed by atoms with E-state index in [1.165, 1.54) is 12.1 Å². The summed E-state index contributed by atoms with van der Waals surface area (Å²) >= 11 is 1.16. The maximum atomic E-state index is 12.8. The Hall–Kier alpha value is -2.04. The number of rotatable bonds is 5. The van der Waals surface area contributed by atoms with Crippen molar-refractivity contribution in [3.63, 3.8) is 0 Å². The van der Waals surface area contributed by atoms with Crippen LogP contribution in [0.3, 0.4) is 0 Å². The van der Waals surface area contributed by atoms with Crippen molar-refractivity contribution >= 4 is 33.2 Å². The Morgan fingerprint density at radius 3 is 2.22 bits per heavy atom. The summed E-state index contributed by atoms with van der Waals surface area (Å²) in [7, 11) is -3.73. The Labute approximate surface area is 158 Å². The summed E-state index contributed by atoms with van der Waals surface area (Å²) in [5.41, 5.74) is -3.79. The zero-order valence-electron chi connectivity index (χ0n) is 14.2. The molecular formula is C17H16F3NO4S2. The van der Waals surface area contributed by atoms with E-state index < -0.39 is 27.5 Å². The molecule has 27 heavy (non-hydrogen) atoms. The summed E-state index contributed by atoms with van der Waals surface area (Å²) in [6.45, 7) is 0.319. The van der Waals surface area contributed by atoms with Crippen LogP contribution in [0.15, 0.2) is 63.2 Å². The maximum absolute atomic E-state index is 12.8. The average Bonchev–Trinajstić information content (AvgIpc) is 2.55. The van der Waals surface area contributed by atoms with Gasteiger partial charge in [-0.05, 0) is 37.3 Å². The summed E-state index contributed by atoms with van der Waals surface area (Å²) in [6.07, 6.45) is -4.23. The molecule has 0 bridgehead atoms. The molecule has 0 aromatic heterocycles. The predicted octanol–water partition coefficient (Wildman–Crippen LogP) is 3.49. The van der Waals surface area contributed by atoms with Gasteiger partial charge < -0.3 is 10.4 Å². The Balaban J connectivity index is 2.37. The van der Waals surface area contributed by atoms with E-state index in [1.807, 2.05) is 5.32 Å². The summed E-state index contributed by atoms with van der Waals surface area (Å²) in [4.78, 5) is 12.7. The standard InChI is InChI=1S/C17H16F3NO4S2/c1-16(23,17(18,19)20)15(22)21-11-8-9-13(14(10-11)27(2,24)25)26-12-6-4-3-5-7-12/h3-10,23H,1-2H3,(H,21,22). The van der Waals surface area contributed by atoms with Crippen LogP contribution in [-0.4, -0.2) is 37.5 Å². The van der Waals surface area contributed by atoms with Crippen molar-refractivity contribution < 1.29 is 31.5 Å². The smallest absolute Gasteiger partial charge is 0.373 e. The number of nitrogens with one attached hydrogen (secondary N) is 1. The fraction of sp³-hybridized carbons (Fsp3) is 0.235. The van der Waals surface area contributed by atoms with Gasteiger partial charge >= 0.3 is 6.18 Å². The van der Waals surface area contributed by atoms with Gasteiger partial charge in [-0.2, -0.15) is 13.2 Å². The molecule has 5 nitrogen and oxygen atoms in total. The van der Waals surface area contributed by atoms with Gasteiger partial charge in [0.1, 0.15) is 0 Å². The molecule has 2 rings (SSSR count). The molecule has 0 saturated heterocycles. The highest BCUT2D eigenvalue weighted by Gasteiger charge is 2.55. The monoisotopic (exact) mass is 419 g/mol. The second-order valence-electron chi connectivity index (χ2n) is 5.87. The average molecular weight is 419 g/mol. The highest BCUT2D eigenvalue weighted by Crippen LogP contribution is 2.35. The molecule has 1 amide bonds. The third kappa shape index (κ3) is 5.02. The van der Waals surface area contributed by atoms with Gasteiger partial charge in [0.05, 0.1) is 4.90 Å². The number of hydrogen-bond donors (Lipinski definition) is 2. The van der Waals surface area contributed by atoms with Crippen molar-refractivity contribution in [1.29, 1.82) is 0 Å². The lowest BCUT2D eigenvalue weighted by atomic mass is 10.1. The van der Waals surface area contributed by atoms with Gasteiger partial charge in [-0.1, -0.05) is 30.0 Å². The fourth-order valence-corrected chi connectivity index (χ4v) is 4.15. The lowest BCUT2D eigenvalue weighted by molar-refractivity contribution is -0.242. The molecule has 0 saturated carbocycles. The van der Waals surface area contributed by atoms with E-state index in [1.54, 1.807) is 30.3 Å². The molecule has 0 spiro atoms. The van der Waals surface area contributed by atoms with E-state index in [-0.39, 0.29) is 10.6 Å². The molecule has 1 atom stereocenters. The molecule has 1 unspecified atom stereocenters. The maximum Gasteiger partial charge on any atom is 0.426 e. The van der Waals surface area contributed by atoms with Crippen LogP contribution in [0.4, 0.5) is 18.9 Å². The molecule has 0 fully saturated rings. The van der Waals surface area contributed by atoms with Crippen LogP contribution in [-0.2, 0) is 14.6 Å². The number of aliphatic hydroxyl groups is 1. The third-order valence-corrected chi connectivity index (χ3v) is 5.92. The van der Waals surface area contributed by atoms with E-state index in [0.29, 0.717) is 11.8 Å². The molecule has 0 aliphatic rings. The van der Waals surface area contributed by atoms with Gasteiger partial charge in [-0.25, -0.2) is 8.42 Å². The van der Waals surface area contributed by atoms with Crippen molar-refractivity contribution in [3.8, 4) is 0 Å². The van der Waals surface area contributed by atoms with Gasteiger partial charge in [-0.3, -0.25) is 4.79 Å². The first-order valence-corrected chi connectivity index (χ1v) is 10.2. The van der Waals surface area contributed by atoms with Crippen molar-refractivity contribution in [2.45, 2.75) is 33.4 Å². The second-order valence-corrected chi connectivity index (χ2v) is 8.97. The molecule has 0 radical (unpaired) electrons. The first-order chi connectivity index (χ1) is 12.3. The topological polar surface area (TPSA) is 83.5 Å². The molecule has 0 aliphatic heterocycles. The largest absolute Gasteiger partial charge is 0.426 e. The number of anilines is 1. The lowest BCUT2D eigenvalue weighted by Gasteiger charge is -2.25. The number of benzene rings is 2. The van der Waals surface area contributed by atoms with Crippen LogP contribution in [0.2, 0.25) is 0 Å². The molecule has 2 aromatic carbocycles. The third-order valence-electron chi connectivity index (χ3n) is 3.57. The SMILES string of the molecule is CC(O)(C(=O)Nc1ccc(Sc2ccccc2)c(S(C)(=O)=O)c1)C(F)(F)F. The molecule has 2 aromatic rings. The number of carbonyl (C=O) groups is 1. The zero-order valence-corrected chi connectivity index (χ0v) is 15.9. The number of amides is 1. The highest BCUT2D eigenvalue weighted by molar-refractivity contribution is 8.00. The minimum atomic E-state index is -5.18. The highest BCUT2D eigenvalue weighted by atomic mass is 32.2. The van der Waals surface area contributed by atoms with Crippen molar-refractivity contribution in [3.05, 3.63) is 48.5 Å². The molecule has 0 heterocycles. The van der Waals surface area contributed by atoms with Crippen LogP contribution in [0.25, 0.3) is 0 Å². The van der Waals surface area contributed by atoms with Crippen molar-refractivity contribution in [2.24, 2.45) is 0 Å². The van der Waals surface area contributed by atoms with E-state index in [0.717, 1.165) is 29.0 Å². The molecule has 10 heteroatoms. The number of carbonyl (C=O) groups excluding carboxylic acids is 1. The lowest BCUT2D eigenvalue weighted by Crippen LogP contribution is -2.52. The summed E-state index contributed by atoms with van der Waals surface area (Å²) in [5, 5.41) is 11.3. The van der Waals surface area contributed by atoms with Gasteiger partial charge in [0, 0.05) is 21.7 Å². The Bertz CT molecular complexity index is 942. The van der Waals surface area contributed by atoms with Crippen LogP contribution in [0.5, 0.6) is 0 Å². The van der Waals surface area contributed by atoms with E-state index in [9.17, 15) is 31.5 Å². The van der Waals surface area contributed by atoms with Crippen LogP contribution in [0, 0.1) is 0 Å². The Kier molecular flexibility index (Phi) is 5.93. The van der Waals surface area contributed by atoms with Crippen LogP contribution < -0.4 is 5.32 Å². The molecule has 2 N–H and O–H groups in total. The Morgan fingerprint density at radius 1 is 1.11 bits per heavy atom. The number of halogens is 3. The van der Waals surface area contributed by atoms with Gasteiger partial charge in [0.25, 0.3) is 5.91 Å².